The second kappa shape index (κ2) is 4.42. The summed E-state index contributed by atoms with van der Waals surface area (Å²) in [5.41, 5.74) is 2.14. The lowest BCUT2D eigenvalue weighted by Gasteiger charge is -2.03. The van der Waals surface area contributed by atoms with Gasteiger partial charge in [-0.15, -0.1) is 0 Å². The highest BCUT2D eigenvalue weighted by atomic mass is 16.5. The first-order valence-corrected chi connectivity index (χ1v) is 4.19. The Morgan fingerprint density at radius 3 is 2.36 bits per heavy atom. The minimum atomic E-state index is -0.406. The van der Waals surface area contributed by atoms with E-state index >= 15 is 0 Å². The number of benzene rings is 1. The molecule has 0 atom stereocenters. The smallest absolute Gasteiger partial charge is 0.337 e. The highest BCUT2D eigenvalue weighted by Crippen LogP contribution is 2.14. The Labute approximate surface area is 83.5 Å². The van der Waals surface area contributed by atoms with Crippen molar-refractivity contribution in [2.45, 2.75) is 0 Å². The van der Waals surface area contributed by atoms with Crippen LogP contribution in [0.3, 0.4) is 0 Å². The van der Waals surface area contributed by atoms with Crippen molar-refractivity contribution < 1.29 is 9.53 Å². The first kappa shape index (κ1) is 10.3. The van der Waals surface area contributed by atoms with E-state index in [-0.39, 0.29) is 0 Å². The molecular weight excluding hydrogens is 176 g/mol. The van der Waals surface area contributed by atoms with Crippen LogP contribution in [0.15, 0.2) is 37.4 Å². The molecule has 0 N–H and O–H groups in total. The first-order chi connectivity index (χ1) is 6.69. The summed E-state index contributed by atoms with van der Waals surface area (Å²) in [4.78, 5) is 11.1. The number of methoxy groups -OCH3 is 1. The molecule has 0 saturated heterocycles. The lowest BCUT2D eigenvalue weighted by molar-refractivity contribution is -0.133. The minimum Gasteiger partial charge on any atom is -0.465 e. The van der Waals surface area contributed by atoms with Crippen molar-refractivity contribution in [1.29, 1.82) is 0 Å². The van der Waals surface area contributed by atoms with Crippen molar-refractivity contribution >= 4 is 17.6 Å². The number of rotatable bonds is 3. The van der Waals surface area contributed by atoms with E-state index in [4.69, 9.17) is 0 Å². The van der Waals surface area contributed by atoms with Gasteiger partial charge < -0.3 is 4.74 Å². The van der Waals surface area contributed by atoms with Gasteiger partial charge in [0.25, 0.3) is 0 Å². The molecule has 0 amide bonds. The molecular formula is C12H12O2. The van der Waals surface area contributed by atoms with Crippen molar-refractivity contribution in [3.05, 3.63) is 48.6 Å². The largest absolute Gasteiger partial charge is 0.465 e. The molecule has 0 bridgehead atoms. The number of carbonyl (C=O) groups excluding carboxylic acids is 1. The number of carbonyl (C=O) groups is 1. The molecule has 0 saturated carbocycles. The van der Waals surface area contributed by atoms with E-state index in [1.54, 1.807) is 6.08 Å². The van der Waals surface area contributed by atoms with E-state index in [0.29, 0.717) is 5.57 Å². The van der Waals surface area contributed by atoms with E-state index in [0.717, 1.165) is 11.1 Å². The fraction of sp³-hybridized carbons (Fsp3) is 0.0833. The van der Waals surface area contributed by atoms with Gasteiger partial charge in [-0.2, -0.15) is 0 Å². The Balaban J connectivity index is 2.92. The van der Waals surface area contributed by atoms with Crippen molar-refractivity contribution in [2.75, 3.05) is 7.11 Å². The zero-order valence-corrected chi connectivity index (χ0v) is 8.12. The van der Waals surface area contributed by atoms with Crippen LogP contribution in [0.1, 0.15) is 11.1 Å². The van der Waals surface area contributed by atoms with E-state index in [1.807, 2.05) is 24.3 Å². The SMILES string of the molecule is C=Cc1ccc(C(=C)C(=O)OC)cc1. The molecule has 0 fully saturated rings. The average molecular weight is 188 g/mol. The first-order valence-electron chi connectivity index (χ1n) is 4.19. The van der Waals surface area contributed by atoms with Gasteiger partial charge in [-0.25, -0.2) is 4.79 Å². The number of hydrogen-bond acceptors (Lipinski definition) is 2. The Hall–Kier alpha value is -1.83. The second-order valence-corrected chi connectivity index (χ2v) is 2.80. The maximum atomic E-state index is 11.1. The van der Waals surface area contributed by atoms with Gasteiger partial charge in [0.2, 0.25) is 0 Å². The molecule has 0 aromatic heterocycles. The molecule has 1 aromatic carbocycles. The fourth-order valence-electron chi connectivity index (χ4n) is 1.06. The third-order valence-corrected chi connectivity index (χ3v) is 1.93. The van der Waals surface area contributed by atoms with E-state index < -0.39 is 5.97 Å². The average Bonchev–Trinajstić information content (AvgIpc) is 2.27. The van der Waals surface area contributed by atoms with Gasteiger partial charge in [0.1, 0.15) is 0 Å². The number of esters is 1. The molecule has 0 spiro atoms. The normalized spacial score (nSPS) is 9.21. The predicted molar refractivity (Wildman–Crippen MR) is 57.6 cm³/mol. The Bertz CT molecular complexity index is 360. The lowest BCUT2D eigenvalue weighted by atomic mass is 10.1. The summed E-state index contributed by atoms with van der Waals surface area (Å²) < 4.78 is 4.56. The van der Waals surface area contributed by atoms with Crippen LogP contribution < -0.4 is 0 Å². The monoisotopic (exact) mass is 188 g/mol. The molecule has 0 aliphatic heterocycles. The van der Waals surface area contributed by atoms with Crippen LogP contribution in [0.5, 0.6) is 0 Å². The maximum Gasteiger partial charge on any atom is 0.337 e. The summed E-state index contributed by atoms with van der Waals surface area (Å²) in [7, 11) is 1.34. The van der Waals surface area contributed by atoms with Crippen molar-refractivity contribution in [3.8, 4) is 0 Å². The molecule has 0 unspecified atom stereocenters. The third kappa shape index (κ3) is 2.10. The van der Waals surface area contributed by atoms with E-state index in [1.165, 1.54) is 7.11 Å². The van der Waals surface area contributed by atoms with Crippen LogP contribution in [0, 0.1) is 0 Å². The van der Waals surface area contributed by atoms with Gasteiger partial charge in [-0.3, -0.25) is 0 Å². The predicted octanol–water partition coefficient (Wildman–Crippen LogP) is 2.52. The van der Waals surface area contributed by atoms with Gasteiger partial charge in [-0.05, 0) is 11.1 Å². The van der Waals surface area contributed by atoms with Gasteiger partial charge in [0.05, 0.1) is 12.7 Å². The fourth-order valence-corrected chi connectivity index (χ4v) is 1.06. The molecule has 0 heterocycles. The van der Waals surface area contributed by atoms with Crippen molar-refractivity contribution in [1.82, 2.24) is 0 Å². The standard InChI is InChI=1S/C12H12O2/c1-4-10-5-7-11(8-6-10)9(2)12(13)14-3/h4-8H,1-2H2,3H3. The zero-order chi connectivity index (χ0) is 10.6. The van der Waals surface area contributed by atoms with Gasteiger partial charge in [0, 0.05) is 0 Å². The zero-order valence-electron chi connectivity index (χ0n) is 8.12. The third-order valence-electron chi connectivity index (χ3n) is 1.93. The Morgan fingerprint density at radius 2 is 1.93 bits per heavy atom. The Morgan fingerprint density at radius 1 is 1.36 bits per heavy atom. The molecule has 1 aromatic rings. The highest BCUT2D eigenvalue weighted by molar-refractivity contribution is 6.15. The van der Waals surface area contributed by atoms with Crippen LogP contribution in [0.2, 0.25) is 0 Å². The molecule has 14 heavy (non-hydrogen) atoms. The highest BCUT2D eigenvalue weighted by Gasteiger charge is 2.08. The van der Waals surface area contributed by atoms with Gasteiger partial charge in [0.15, 0.2) is 0 Å². The molecule has 0 radical (unpaired) electrons. The number of hydrogen-bond donors (Lipinski definition) is 0. The Kier molecular flexibility index (Phi) is 3.24. The van der Waals surface area contributed by atoms with Crippen molar-refractivity contribution in [3.63, 3.8) is 0 Å². The van der Waals surface area contributed by atoms with Crippen LogP contribution in [-0.2, 0) is 9.53 Å². The van der Waals surface area contributed by atoms with Gasteiger partial charge in [-0.1, -0.05) is 43.5 Å². The van der Waals surface area contributed by atoms with Crippen LogP contribution in [0.4, 0.5) is 0 Å². The molecule has 1 rings (SSSR count). The lowest BCUT2D eigenvalue weighted by Crippen LogP contribution is -2.02. The molecule has 2 heteroatoms. The summed E-state index contributed by atoms with van der Waals surface area (Å²) in [5.74, 6) is -0.406. The van der Waals surface area contributed by atoms with Crippen LogP contribution in [0.25, 0.3) is 11.6 Å². The van der Waals surface area contributed by atoms with Crippen LogP contribution in [-0.4, -0.2) is 13.1 Å². The molecule has 0 aliphatic carbocycles. The summed E-state index contributed by atoms with van der Waals surface area (Å²) in [5, 5.41) is 0. The number of ether oxygens (including phenoxy) is 1. The van der Waals surface area contributed by atoms with E-state index in [9.17, 15) is 4.79 Å². The molecule has 72 valence electrons. The van der Waals surface area contributed by atoms with E-state index in [2.05, 4.69) is 17.9 Å². The summed E-state index contributed by atoms with van der Waals surface area (Å²) in [6.07, 6.45) is 1.74. The minimum absolute atomic E-state index is 0.364. The maximum absolute atomic E-state index is 11.1. The molecule has 2 nitrogen and oxygen atoms in total. The van der Waals surface area contributed by atoms with Crippen LogP contribution >= 0.6 is 0 Å². The summed E-state index contributed by atoms with van der Waals surface area (Å²) in [6.45, 7) is 7.29. The second-order valence-electron chi connectivity index (χ2n) is 2.80. The summed E-state index contributed by atoms with van der Waals surface area (Å²) in [6, 6.07) is 7.37. The molecule has 0 aliphatic rings. The van der Waals surface area contributed by atoms with Crippen molar-refractivity contribution in [2.24, 2.45) is 0 Å². The summed E-state index contributed by atoms with van der Waals surface area (Å²) >= 11 is 0. The topological polar surface area (TPSA) is 26.3 Å². The van der Waals surface area contributed by atoms with Gasteiger partial charge >= 0.3 is 5.97 Å². The quantitative estimate of drug-likeness (QED) is 0.538.